The summed E-state index contributed by atoms with van der Waals surface area (Å²) in [7, 11) is 0. The lowest BCUT2D eigenvalue weighted by Gasteiger charge is -2.06. The minimum atomic E-state index is -0.132. The van der Waals surface area contributed by atoms with Crippen molar-refractivity contribution in [1.82, 2.24) is 5.32 Å². The van der Waals surface area contributed by atoms with Gasteiger partial charge in [0, 0.05) is 6.54 Å². The Hall–Kier alpha value is -0.510. The van der Waals surface area contributed by atoms with Gasteiger partial charge in [-0.2, -0.15) is 0 Å². The Morgan fingerprint density at radius 1 is 1.58 bits per heavy atom. The van der Waals surface area contributed by atoms with Gasteiger partial charge in [-0.3, -0.25) is 5.32 Å². The number of nitrogens with one attached hydrogen (secondary N) is 1. The van der Waals surface area contributed by atoms with E-state index in [-0.39, 0.29) is 12.3 Å². The summed E-state index contributed by atoms with van der Waals surface area (Å²) >= 11 is 5.63. The third-order valence-corrected chi connectivity index (χ3v) is 2.01. The van der Waals surface area contributed by atoms with E-state index < -0.39 is 0 Å². The van der Waals surface area contributed by atoms with E-state index in [1.54, 1.807) is 6.07 Å². The third kappa shape index (κ3) is 1.48. The molecule has 2 heterocycles. The van der Waals surface area contributed by atoms with Crippen LogP contribution in [0.15, 0.2) is 16.5 Å². The van der Waals surface area contributed by atoms with Gasteiger partial charge in [-0.15, -0.1) is 0 Å². The molecule has 0 saturated carbocycles. The van der Waals surface area contributed by atoms with Crippen molar-refractivity contribution in [3.05, 3.63) is 23.1 Å². The SMILES string of the molecule is CC1CNC(c2ccc(Cl)o2)O1. The molecule has 1 N–H and O–H groups in total. The molecule has 2 rings (SSSR count). The second-order valence-corrected chi connectivity index (χ2v) is 3.25. The van der Waals surface area contributed by atoms with Gasteiger partial charge in [-0.05, 0) is 30.7 Å². The molecule has 0 aromatic carbocycles. The lowest BCUT2D eigenvalue weighted by Crippen LogP contribution is -2.13. The maximum absolute atomic E-state index is 5.63. The van der Waals surface area contributed by atoms with E-state index in [1.807, 2.05) is 13.0 Å². The molecule has 1 aromatic rings. The van der Waals surface area contributed by atoms with Crippen molar-refractivity contribution in [1.29, 1.82) is 0 Å². The van der Waals surface area contributed by atoms with Crippen LogP contribution < -0.4 is 5.32 Å². The zero-order chi connectivity index (χ0) is 8.55. The van der Waals surface area contributed by atoms with Crippen LogP contribution in [0.2, 0.25) is 5.22 Å². The second-order valence-electron chi connectivity index (χ2n) is 2.88. The minimum absolute atomic E-state index is 0.132. The number of halogens is 1. The van der Waals surface area contributed by atoms with Gasteiger partial charge >= 0.3 is 0 Å². The molecule has 0 bridgehead atoms. The smallest absolute Gasteiger partial charge is 0.193 e. The average Bonchev–Trinajstić information content (AvgIpc) is 2.58. The molecule has 0 aliphatic carbocycles. The molecule has 3 nitrogen and oxygen atoms in total. The summed E-state index contributed by atoms with van der Waals surface area (Å²) in [5.41, 5.74) is 0. The minimum Gasteiger partial charge on any atom is -0.445 e. The van der Waals surface area contributed by atoms with Crippen molar-refractivity contribution in [3.8, 4) is 0 Å². The molecular formula is C8H10ClNO2. The topological polar surface area (TPSA) is 34.4 Å². The highest BCUT2D eigenvalue weighted by Gasteiger charge is 2.24. The van der Waals surface area contributed by atoms with Crippen LogP contribution in [0.4, 0.5) is 0 Å². The van der Waals surface area contributed by atoms with Gasteiger partial charge in [-0.25, -0.2) is 0 Å². The predicted octanol–water partition coefficient (Wildman–Crippen LogP) is 1.94. The highest BCUT2D eigenvalue weighted by molar-refractivity contribution is 6.28. The first-order chi connectivity index (χ1) is 5.75. The van der Waals surface area contributed by atoms with Crippen LogP contribution in [0.1, 0.15) is 18.9 Å². The van der Waals surface area contributed by atoms with E-state index in [0.29, 0.717) is 5.22 Å². The highest BCUT2D eigenvalue weighted by atomic mass is 35.5. The number of rotatable bonds is 1. The first kappa shape index (κ1) is 8.10. The molecule has 2 atom stereocenters. The number of ether oxygens (including phenoxy) is 1. The van der Waals surface area contributed by atoms with Gasteiger partial charge in [0.2, 0.25) is 0 Å². The Bertz CT molecular complexity index is 274. The van der Waals surface area contributed by atoms with E-state index >= 15 is 0 Å². The quantitative estimate of drug-likeness (QED) is 0.730. The zero-order valence-corrected chi connectivity index (χ0v) is 7.47. The van der Waals surface area contributed by atoms with Gasteiger partial charge < -0.3 is 9.15 Å². The second kappa shape index (κ2) is 3.09. The molecular weight excluding hydrogens is 178 g/mol. The van der Waals surface area contributed by atoms with E-state index in [4.69, 9.17) is 20.8 Å². The Morgan fingerprint density at radius 2 is 2.42 bits per heavy atom. The summed E-state index contributed by atoms with van der Waals surface area (Å²) < 4.78 is 10.7. The highest BCUT2D eigenvalue weighted by Crippen LogP contribution is 2.24. The van der Waals surface area contributed by atoms with Crippen LogP contribution in [-0.4, -0.2) is 12.6 Å². The maximum Gasteiger partial charge on any atom is 0.193 e. The van der Waals surface area contributed by atoms with Crippen molar-refractivity contribution < 1.29 is 9.15 Å². The number of hydrogen-bond donors (Lipinski definition) is 1. The molecule has 1 aromatic heterocycles. The standard InChI is InChI=1S/C8H10ClNO2/c1-5-4-10-8(11-5)6-2-3-7(9)12-6/h2-3,5,8,10H,4H2,1H3. The summed E-state index contributed by atoms with van der Waals surface area (Å²) in [4.78, 5) is 0. The fourth-order valence-corrected chi connectivity index (χ4v) is 1.39. The molecule has 4 heteroatoms. The molecule has 2 unspecified atom stereocenters. The van der Waals surface area contributed by atoms with Crippen LogP contribution >= 0.6 is 11.6 Å². The first-order valence-corrected chi connectivity index (χ1v) is 4.27. The Morgan fingerprint density at radius 3 is 2.92 bits per heavy atom. The molecule has 66 valence electrons. The van der Waals surface area contributed by atoms with Gasteiger partial charge in [0.25, 0.3) is 0 Å². The van der Waals surface area contributed by atoms with Gasteiger partial charge in [-0.1, -0.05) is 0 Å². The first-order valence-electron chi connectivity index (χ1n) is 3.90. The molecule has 0 amide bonds. The van der Waals surface area contributed by atoms with Crippen molar-refractivity contribution in [3.63, 3.8) is 0 Å². The normalized spacial score (nSPS) is 29.5. The maximum atomic E-state index is 5.63. The predicted molar refractivity (Wildman–Crippen MR) is 45.0 cm³/mol. The summed E-state index contributed by atoms with van der Waals surface area (Å²) in [5, 5.41) is 3.56. The summed E-state index contributed by atoms with van der Waals surface area (Å²) in [6.45, 7) is 2.86. The fourth-order valence-electron chi connectivity index (χ4n) is 1.24. The fraction of sp³-hybridized carbons (Fsp3) is 0.500. The molecule has 1 aliphatic heterocycles. The molecule has 12 heavy (non-hydrogen) atoms. The molecule has 0 radical (unpaired) electrons. The Balaban J connectivity index is 2.11. The van der Waals surface area contributed by atoms with Crippen LogP contribution in [0.5, 0.6) is 0 Å². The van der Waals surface area contributed by atoms with Crippen LogP contribution in [-0.2, 0) is 4.74 Å². The van der Waals surface area contributed by atoms with E-state index in [2.05, 4.69) is 5.32 Å². The van der Waals surface area contributed by atoms with E-state index in [1.165, 1.54) is 0 Å². The summed E-state index contributed by atoms with van der Waals surface area (Å²) in [5.74, 6) is 0.740. The lowest BCUT2D eigenvalue weighted by atomic mass is 10.4. The van der Waals surface area contributed by atoms with Crippen molar-refractivity contribution in [2.75, 3.05) is 6.54 Å². The number of hydrogen-bond acceptors (Lipinski definition) is 3. The Kier molecular flexibility index (Phi) is 2.09. The van der Waals surface area contributed by atoms with Crippen molar-refractivity contribution in [2.24, 2.45) is 0 Å². The van der Waals surface area contributed by atoms with Gasteiger partial charge in [0.05, 0.1) is 6.10 Å². The summed E-state index contributed by atoms with van der Waals surface area (Å²) in [6, 6.07) is 3.53. The van der Waals surface area contributed by atoms with Gasteiger partial charge in [0.1, 0.15) is 5.76 Å². The van der Waals surface area contributed by atoms with E-state index in [9.17, 15) is 0 Å². The molecule has 1 aliphatic rings. The van der Waals surface area contributed by atoms with Crippen molar-refractivity contribution in [2.45, 2.75) is 19.3 Å². The molecule has 1 saturated heterocycles. The average molecular weight is 188 g/mol. The lowest BCUT2D eigenvalue weighted by molar-refractivity contribution is 0.0372. The van der Waals surface area contributed by atoms with E-state index in [0.717, 1.165) is 12.3 Å². The van der Waals surface area contributed by atoms with Crippen LogP contribution in [0.3, 0.4) is 0 Å². The van der Waals surface area contributed by atoms with Crippen LogP contribution in [0, 0.1) is 0 Å². The monoisotopic (exact) mass is 187 g/mol. The molecule has 1 fully saturated rings. The Labute approximate surface area is 75.6 Å². The summed E-state index contributed by atoms with van der Waals surface area (Å²) in [6.07, 6.45) is 0.103. The largest absolute Gasteiger partial charge is 0.445 e. The molecule has 0 spiro atoms. The van der Waals surface area contributed by atoms with Crippen molar-refractivity contribution >= 4 is 11.6 Å². The third-order valence-electron chi connectivity index (χ3n) is 1.81. The number of furan rings is 1. The van der Waals surface area contributed by atoms with Gasteiger partial charge in [0.15, 0.2) is 11.4 Å². The zero-order valence-electron chi connectivity index (χ0n) is 6.71. The van der Waals surface area contributed by atoms with Crippen LogP contribution in [0.25, 0.3) is 0 Å².